The standard InChI is InChI=1S/C19H15ClN2O3/c20-14-5-6-15(18-13(14)3-1-8-21-18)22-19(23)12-4-7-16-17(11-12)25-10-2-9-24-16/h1,3-8,11H,2,9-10H2,(H,22,23). The van der Waals surface area contributed by atoms with Crippen molar-refractivity contribution in [2.75, 3.05) is 18.5 Å². The molecule has 4 rings (SSSR count). The maximum Gasteiger partial charge on any atom is 0.255 e. The Morgan fingerprint density at radius 3 is 2.80 bits per heavy atom. The highest BCUT2D eigenvalue weighted by Crippen LogP contribution is 2.32. The number of hydrogen-bond acceptors (Lipinski definition) is 4. The molecule has 0 atom stereocenters. The molecule has 25 heavy (non-hydrogen) atoms. The van der Waals surface area contributed by atoms with Crippen molar-refractivity contribution in [1.82, 2.24) is 4.98 Å². The third kappa shape index (κ3) is 3.10. The first-order valence-corrected chi connectivity index (χ1v) is 8.34. The van der Waals surface area contributed by atoms with E-state index in [2.05, 4.69) is 10.3 Å². The first-order chi connectivity index (χ1) is 12.2. The molecule has 126 valence electrons. The van der Waals surface area contributed by atoms with Crippen molar-refractivity contribution in [3.63, 3.8) is 0 Å². The second-order valence-corrected chi connectivity index (χ2v) is 6.07. The van der Waals surface area contributed by atoms with Crippen molar-refractivity contribution in [3.05, 3.63) is 59.2 Å². The maximum absolute atomic E-state index is 12.6. The van der Waals surface area contributed by atoms with E-state index in [9.17, 15) is 4.79 Å². The Kier molecular flexibility index (Phi) is 4.15. The fourth-order valence-corrected chi connectivity index (χ4v) is 2.95. The normalized spacial score (nSPS) is 13.3. The third-order valence-electron chi connectivity index (χ3n) is 3.97. The van der Waals surface area contributed by atoms with Crippen LogP contribution in [0.15, 0.2) is 48.7 Å². The van der Waals surface area contributed by atoms with E-state index < -0.39 is 0 Å². The first kappa shape index (κ1) is 15.7. The summed E-state index contributed by atoms with van der Waals surface area (Å²) in [7, 11) is 0. The Bertz CT molecular complexity index is 959. The second kappa shape index (κ2) is 6.61. The topological polar surface area (TPSA) is 60.5 Å². The van der Waals surface area contributed by atoms with Gasteiger partial charge in [-0.15, -0.1) is 0 Å². The summed E-state index contributed by atoms with van der Waals surface area (Å²) in [6.07, 6.45) is 2.49. The molecule has 1 aromatic heterocycles. The van der Waals surface area contributed by atoms with E-state index in [-0.39, 0.29) is 5.91 Å². The van der Waals surface area contributed by atoms with Gasteiger partial charge in [0.1, 0.15) is 0 Å². The molecule has 1 amide bonds. The van der Waals surface area contributed by atoms with E-state index in [1.54, 1.807) is 36.5 Å². The molecule has 0 bridgehead atoms. The van der Waals surface area contributed by atoms with Crippen LogP contribution in [-0.4, -0.2) is 24.1 Å². The molecular formula is C19H15ClN2O3. The first-order valence-electron chi connectivity index (χ1n) is 7.96. The summed E-state index contributed by atoms with van der Waals surface area (Å²) in [5, 5.41) is 4.28. The monoisotopic (exact) mass is 354 g/mol. The number of carbonyl (C=O) groups excluding carboxylic acids is 1. The van der Waals surface area contributed by atoms with Crippen molar-refractivity contribution >= 4 is 34.1 Å². The summed E-state index contributed by atoms with van der Waals surface area (Å²) in [5.74, 6) is 1.00. The summed E-state index contributed by atoms with van der Waals surface area (Å²) in [5.41, 5.74) is 1.75. The predicted molar refractivity (Wildman–Crippen MR) is 96.8 cm³/mol. The molecule has 0 fully saturated rings. The molecule has 2 heterocycles. The number of nitrogens with zero attached hydrogens (tertiary/aromatic N) is 1. The number of pyridine rings is 1. The lowest BCUT2D eigenvalue weighted by molar-refractivity contribution is 0.102. The summed E-state index contributed by atoms with van der Waals surface area (Å²) in [4.78, 5) is 17.0. The van der Waals surface area contributed by atoms with Crippen LogP contribution in [0.1, 0.15) is 16.8 Å². The highest BCUT2D eigenvalue weighted by atomic mass is 35.5. The Balaban J connectivity index is 1.65. The lowest BCUT2D eigenvalue weighted by Crippen LogP contribution is -2.12. The van der Waals surface area contributed by atoms with Gasteiger partial charge >= 0.3 is 0 Å². The minimum Gasteiger partial charge on any atom is -0.490 e. The largest absolute Gasteiger partial charge is 0.490 e. The smallest absolute Gasteiger partial charge is 0.255 e. The van der Waals surface area contributed by atoms with Gasteiger partial charge in [0.05, 0.1) is 29.4 Å². The number of amides is 1. The number of anilines is 1. The van der Waals surface area contributed by atoms with Crippen molar-refractivity contribution < 1.29 is 14.3 Å². The van der Waals surface area contributed by atoms with Crippen molar-refractivity contribution in [2.45, 2.75) is 6.42 Å². The molecule has 5 nitrogen and oxygen atoms in total. The van der Waals surface area contributed by atoms with Crippen molar-refractivity contribution in [2.24, 2.45) is 0 Å². The van der Waals surface area contributed by atoms with Crippen LogP contribution in [-0.2, 0) is 0 Å². The average molecular weight is 355 g/mol. The highest BCUT2D eigenvalue weighted by Gasteiger charge is 2.15. The quantitative estimate of drug-likeness (QED) is 0.745. The molecule has 3 aromatic rings. The molecular weight excluding hydrogens is 340 g/mol. The summed E-state index contributed by atoms with van der Waals surface area (Å²) in [6.45, 7) is 1.19. The molecule has 0 spiro atoms. The Morgan fingerprint density at radius 1 is 1.08 bits per heavy atom. The van der Waals surface area contributed by atoms with Crippen molar-refractivity contribution in [3.8, 4) is 11.5 Å². The van der Waals surface area contributed by atoms with Gasteiger partial charge in [-0.25, -0.2) is 0 Å². The van der Waals surface area contributed by atoms with Gasteiger partial charge in [0.25, 0.3) is 5.91 Å². The van der Waals surface area contributed by atoms with E-state index in [0.717, 1.165) is 11.8 Å². The zero-order valence-corrected chi connectivity index (χ0v) is 14.0. The van der Waals surface area contributed by atoms with Crippen LogP contribution >= 0.6 is 11.6 Å². The molecule has 0 unspecified atom stereocenters. The number of carbonyl (C=O) groups is 1. The van der Waals surface area contributed by atoms with Crippen LogP contribution in [0, 0.1) is 0 Å². The highest BCUT2D eigenvalue weighted by molar-refractivity contribution is 6.36. The van der Waals surface area contributed by atoms with Crippen LogP contribution in [0.5, 0.6) is 11.5 Å². The van der Waals surface area contributed by atoms with Gasteiger partial charge < -0.3 is 14.8 Å². The fraction of sp³-hybridized carbons (Fsp3) is 0.158. The summed E-state index contributed by atoms with van der Waals surface area (Å²) < 4.78 is 11.2. The summed E-state index contributed by atoms with van der Waals surface area (Å²) >= 11 is 6.19. The molecule has 2 aromatic carbocycles. The number of rotatable bonds is 2. The van der Waals surface area contributed by atoms with Gasteiger partial charge in [0.15, 0.2) is 11.5 Å². The number of ether oxygens (including phenoxy) is 2. The predicted octanol–water partition coefficient (Wildman–Crippen LogP) is 4.30. The van der Waals surface area contributed by atoms with Gasteiger partial charge in [0, 0.05) is 23.6 Å². The second-order valence-electron chi connectivity index (χ2n) is 5.66. The number of benzene rings is 2. The van der Waals surface area contributed by atoms with Crippen LogP contribution in [0.2, 0.25) is 5.02 Å². The van der Waals surface area contributed by atoms with Crippen LogP contribution < -0.4 is 14.8 Å². The molecule has 1 aliphatic rings. The van der Waals surface area contributed by atoms with Gasteiger partial charge in [-0.1, -0.05) is 11.6 Å². The molecule has 6 heteroatoms. The molecule has 0 saturated heterocycles. The SMILES string of the molecule is O=C(Nc1ccc(Cl)c2cccnc12)c1ccc2c(c1)OCCCO2. The minimum atomic E-state index is -0.245. The zero-order chi connectivity index (χ0) is 17.2. The molecule has 0 radical (unpaired) electrons. The van der Waals surface area contributed by atoms with E-state index >= 15 is 0 Å². The number of aromatic nitrogens is 1. The van der Waals surface area contributed by atoms with Crippen LogP contribution in [0.4, 0.5) is 5.69 Å². The van der Waals surface area contributed by atoms with Crippen LogP contribution in [0.25, 0.3) is 10.9 Å². The Morgan fingerprint density at radius 2 is 1.92 bits per heavy atom. The Hall–Kier alpha value is -2.79. The molecule has 1 aliphatic heterocycles. The number of fused-ring (bicyclic) bond motifs is 2. The van der Waals surface area contributed by atoms with Crippen LogP contribution in [0.3, 0.4) is 0 Å². The van der Waals surface area contributed by atoms with Gasteiger partial charge in [-0.05, 0) is 42.5 Å². The maximum atomic E-state index is 12.6. The zero-order valence-electron chi connectivity index (χ0n) is 13.3. The summed E-state index contributed by atoms with van der Waals surface area (Å²) in [6, 6.07) is 12.3. The molecule has 0 saturated carbocycles. The van der Waals surface area contributed by atoms with Crippen molar-refractivity contribution in [1.29, 1.82) is 0 Å². The number of hydrogen-bond donors (Lipinski definition) is 1. The number of nitrogens with one attached hydrogen (secondary N) is 1. The van der Waals surface area contributed by atoms with E-state index in [1.807, 2.05) is 12.1 Å². The third-order valence-corrected chi connectivity index (χ3v) is 4.30. The number of halogens is 1. The van der Waals surface area contributed by atoms with Gasteiger partial charge in [0.2, 0.25) is 0 Å². The lowest BCUT2D eigenvalue weighted by Gasteiger charge is -2.11. The Labute approximate surface area is 149 Å². The fourth-order valence-electron chi connectivity index (χ4n) is 2.74. The molecule has 0 aliphatic carbocycles. The average Bonchev–Trinajstić information content (AvgIpc) is 2.89. The van der Waals surface area contributed by atoms with Gasteiger partial charge in [-0.2, -0.15) is 0 Å². The van der Waals surface area contributed by atoms with E-state index in [1.165, 1.54) is 0 Å². The van der Waals surface area contributed by atoms with Gasteiger partial charge in [-0.3, -0.25) is 9.78 Å². The van der Waals surface area contributed by atoms with E-state index in [4.69, 9.17) is 21.1 Å². The molecule has 1 N–H and O–H groups in total. The van der Waals surface area contributed by atoms with E-state index in [0.29, 0.717) is 46.5 Å². The lowest BCUT2D eigenvalue weighted by atomic mass is 10.1. The minimum absolute atomic E-state index is 0.245.